The number of hydrogen-bond acceptors (Lipinski definition) is 4. The molecule has 1 atom stereocenters. The Balaban J connectivity index is 2.43. The van der Waals surface area contributed by atoms with Gasteiger partial charge in [0.05, 0.1) is 11.8 Å². The molecule has 0 aliphatic heterocycles. The molecule has 72 valence electrons. The molecule has 1 fully saturated rings. The minimum Gasteiger partial charge on any atom is -0.464 e. The zero-order chi connectivity index (χ0) is 9.68. The molecule has 0 saturated heterocycles. The molecular formula is C9H13NO2S. The summed E-state index contributed by atoms with van der Waals surface area (Å²) in [6.07, 6.45) is 3.16. The molecular weight excluding hydrogens is 186 g/mol. The predicted molar refractivity (Wildman–Crippen MR) is 52.8 cm³/mol. The van der Waals surface area contributed by atoms with Crippen molar-refractivity contribution in [2.24, 2.45) is 10.9 Å². The number of thiocarbonyl (C=S) groups is 1. The Kier molecular flexibility index (Phi) is 4.06. The number of carbonyl (C=O) groups is 1. The summed E-state index contributed by atoms with van der Waals surface area (Å²) in [5.74, 6) is 0.369. The monoisotopic (exact) mass is 199 g/mol. The van der Waals surface area contributed by atoms with Gasteiger partial charge in [-0.3, -0.25) is 0 Å². The SMILES string of the molecule is CCOC(=O)C(CC1CC1)N=C=S. The summed E-state index contributed by atoms with van der Waals surface area (Å²) in [7, 11) is 0. The highest BCUT2D eigenvalue weighted by Gasteiger charge is 2.29. The maximum absolute atomic E-state index is 11.3. The molecule has 0 amide bonds. The van der Waals surface area contributed by atoms with E-state index in [0.717, 1.165) is 6.42 Å². The fraction of sp³-hybridized carbons (Fsp3) is 0.778. The van der Waals surface area contributed by atoms with Gasteiger partial charge in [0.15, 0.2) is 6.04 Å². The lowest BCUT2D eigenvalue weighted by Crippen LogP contribution is -2.21. The van der Waals surface area contributed by atoms with Crippen LogP contribution >= 0.6 is 12.2 Å². The first-order valence-electron chi connectivity index (χ1n) is 4.51. The van der Waals surface area contributed by atoms with Crippen LogP contribution in [-0.2, 0) is 9.53 Å². The number of isothiocyanates is 1. The van der Waals surface area contributed by atoms with Crippen molar-refractivity contribution in [3.8, 4) is 0 Å². The fourth-order valence-electron chi connectivity index (χ4n) is 1.17. The topological polar surface area (TPSA) is 38.7 Å². The largest absolute Gasteiger partial charge is 0.464 e. The van der Waals surface area contributed by atoms with Gasteiger partial charge >= 0.3 is 5.97 Å². The second-order valence-corrected chi connectivity index (χ2v) is 3.35. The van der Waals surface area contributed by atoms with E-state index in [2.05, 4.69) is 22.4 Å². The third kappa shape index (κ3) is 3.66. The van der Waals surface area contributed by atoms with E-state index in [4.69, 9.17) is 4.74 Å². The Hall–Kier alpha value is -0.730. The van der Waals surface area contributed by atoms with Gasteiger partial charge in [-0.15, -0.1) is 0 Å². The maximum atomic E-state index is 11.3. The highest BCUT2D eigenvalue weighted by atomic mass is 32.1. The first-order chi connectivity index (χ1) is 6.27. The van der Waals surface area contributed by atoms with Crippen LogP contribution in [0.15, 0.2) is 4.99 Å². The second-order valence-electron chi connectivity index (χ2n) is 3.17. The Bertz CT molecular complexity index is 232. The van der Waals surface area contributed by atoms with Crippen LogP contribution in [-0.4, -0.2) is 23.8 Å². The Labute approximate surface area is 83.2 Å². The summed E-state index contributed by atoms with van der Waals surface area (Å²) in [4.78, 5) is 15.1. The lowest BCUT2D eigenvalue weighted by atomic mass is 10.1. The van der Waals surface area contributed by atoms with Crippen molar-refractivity contribution in [3.05, 3.63) is 0 Å². The Morgan fingerprint density at radius 1 is 1.77 bits per heavy atom. The standard InChI is InChI=1S/C9H13NO2S/c1-2-12-9(11)8(10-6-13)5-7-3-4-7/h7-8H,2-5H2,1H3. The summed E-state index contributed by atoms with van der Waals surface area (Å²) in [5, 5.41) is 2.25. The molecule has 1 aliphatic rings. The van der Waals surface area contributed by atoms with Crippen LogP contribution in [0.4, 0.5) is 0 Å². The van der Waals surface area contributed by atoms with E-state index in [0.29, 0.717) is 12.5 Å². The molecule has 1 unspecified atom stereocenters. The number of hydrogen-bond donors (Lipinski definition) is 0. The number of aliphatic imine (C=N–C) groups is 1. The molecule has 0 aromatic carbocycles. The van der Waals surface area contributed by atoms with E-state index >= 15 is 0 Å². The fourth-order valence-corrected chi connectivity index (χ4v) is 1.30. The zero-order valence-corrected chi connectivity index (χ0v) is 8.47. The minimum absolute atomic E-state index is 0.272. The smallest absolute Gasteiger partial charge is 0.331 e. The van der Waals surface area contributed by atoms with E-state index in [1.165, 1.54) is 12.8 Å². The van der Waals surface area contributed by atoms with Gasteiger partial charge in [0.1, 0.15) is 0 Å². The van der Waals surface area contributed by atoms with Gasteiger partial charge in [0.2, 0.25) is 0 Å². The third-order valence-electron chi connectivity index (χ3n) is 2.02. The quantitative estimate of drug-likeness (QED) is 0.385. The average Bonchev–Trinajstić information content (AvgIpc) is 2.88. The minimum atomic E-state index is -0.412. The lowest BCUT2D eigenvalue weighted by molar-refractivity contribution is -0.144. The van der Waals surface area contributed by atoms with E-state index in [-0.39, 0.29) is 5.97 Å². The van der Waals surface area contributed by atoms with Gasteiger partial charge in [0.25, 0.3) is 0 Å². The number of nitrogens with zero attached hydrogens (tertiary/aromatic N) is 1. The summed E-state index contributed by atoms with van der Waals surface area (Å²) in [6.45, 7) is 2.18. The van der Waals surface area contributed by atoms with Gasteiger partial charge in [-0.1, -0.05) is 12.8 Å². The first-order valence-corrected chi connectivity index (χ1v) is 4.92. The summed E-state index contributed by atoms with van der Waals surface area (Å²) in [5.41, 5.74) is 0. The van der Waals surface area contributed by atoms with Crippen molar-refractivity contribution >= 4 is 23.3 Å². The molecule has 0 heterocycles. The lowest BCUT2D eigenvalue weighted by Gasteiger charge is -2.08. The van der Waals surface area contributed by atoms with Gasteiger partial charge in [0, 0.05) is 0 Å². The van der Waals surface area contributed by atoms with Crippen molar-refractivity contribution in [2.45, 2.75) is 32.2 Å². The molecule has 1 aliphatic carbocycles. The zero-order valence-electron chi connectivity index (χ0n) is 7.66. The van der Waals surface area contributed by atoms with Gasteiger partial charge in [-0.05, 0) is 31.5 Å². The van der Waals surface area contributed by atoms with Crippen LogP contribution < -0.4 is 0 Å². The summed E-state index contributed by atoms with van der Waals surface area (Å²) < 4.78 is 4.87. The molecule has 1 rings (SSSR count). The molecule has 0 radical (unpaired) electrons. The maximum Gasteiger partial charge on any atom is 0.331 e. The third-order valence-corrected chi connectivity index (χ3v) is 2.13. The molecule has 0 bridgehead atoms. The van der Waals surface area contributed by atoms with Crippen LogP contribution in [0.2, 0.25) is 0 Å². The normalized spacial score (nSPS) is 17.3. The summed E-state index contributed by atoms with van der Waals surface area (Å²) in [6, 6.07) is -0.412. The molecule has 4 heteroatoms. The van der Waals surface area contributed by atoms with Crippen LogP contribution in [0.1, 0.15) is 26.2 Å². The number of carbonyl (C=O) groups excluding carboxylic acids is 1. The second kappa shape index (κ2) is 5.10. The van der Waals surface area contributed by atoms with Crippen molar-refractivity contribution in [1.29, 1.82) is 0 Å². The Morgan fingerprint density at radius 2 is 2.46 bits per heavy atom. The van der Waals surface area contributed by atoms with Crippen LogP contribution in [0.25, 0.3) is 0 Å². The average molecular weight is 199 g/mol. The molecule has 3 nitrogen and oxygen atoms in total. The predicted octanol–water partition coefficient (Wildman–Crippen LogP) is 1.82. The van der Waals surface area contributed by atoms with Gasteiger partial charge in [-0.2, -0.15) is 0 Å². The Morgan fingerprint density at radius 3 is 2.92 bits per heavy atom. The van der Waals surface area contributed by atoms with Crippen LogP contribution in [0, 0.1) is 5.92 Å². The molecule has 0 aromatic rings. The highest BCUT2D eigenvalue weighted by Crippen LogP contribution is 2.34. The number of ether oxygens (including phenoxy) is 1. The van der Waals surface area contributed by atoms with Gasteiger partial charge < -0.3 is 4.74 Å². The first kappa shape index (κ1) is 10.4. The molecule has 13 heavy (non-hydrogen) atoms. The van der Waals surface area contributed by atoms with E-state index < -0.39 is 6.04 Å². The van der Waals surface area contributed by atoms with E-state index in [1.807, 2.05) is 0 Å². The number of rotatable bonds is 5. The van der Waals surface area contributed by atoms with Crippen molar-refractivity contribution in [3.63, 3.8) is 0 Å². The highest BCUT2D eigenvalue weighted by molar-refractivity contribution is 7.78. The summed E-state index contributed by atoms with van der Waals surface area (Å²) >= 11 is 4.48. The number of esters is 1. The van der Waals surface area contributed by atoms with Crippen LogP contribution in [0.3, 0.4) is 0 Å². The van der Waals surface area contributed by atoms with E-state index in [1.54, 1.807) is 6.92 Å². The molecule has 0 spiro atoms. The molecule has 1 saturated carbocycles. The van der Waals surface area contributed by atoms with Crippen molar-refractivity contribution in [1.82, 2.24) is 0 Å². The molecule has 0 N–H and O–H groups in total. The van der Waals surface area contributed by atoms with Crippen LogP contribution in [0.5, 0.6) is 0 Å². The van der Waals surface area contributed by atoms with Crippen molar-refractivity contribution in [2.75, 3.05) is 6.61 Å². The van der Waals surface area contributed by atoms with Gasteiger partial charge in [-0.25, -0.2) is 9.79 Å². The van der Waals surface area contributed by atoms with E-state index in [9.17, 15) is 4.79 Å². The molecule has 0 aromatic heterocycles. The van der Waals surface area contributed by atoms with Crippen molar-refractivity contribution < 1.29 is 9.53 Å².